The van der Waals surface area contributed by atoms with E-state index < -0.39 is 23.5 Å². The van der Waals surface area contributed by atoms with Gasteiger partial charge in [0, 0.05) is 22.9 Å². The molecule has 2 aliphatic heterocycles. The van der Waals surface area contributed by atoms with Gasteiger partial charge in [-0.05, 0) is 77.0 Å². The van der Waals surface area contributed by atoms with Crippen molar-refractivity contribution in [2.24, 2.45) is 0 Å². The van der Waals surface area contributed by atoms with Crippen LogP contribution in [-0.2, 0) is 19.8 Å². The Morgan fingerprint density at radius 2 is 1.31 bits per heavy atom. The van der Waals surface area contributed by atoms with Gasteiger partial charge in [-0.3, -0.25) is 24.1 Å². The first-order chi connectivity index (χ1) is 21.5. The van der Waals surface area contributed by atoms with Gasteiger partial charge in [-0.1, -0.05) is 93.6 Å². The molecular weight excluding hydrogens is 560 g/mol. The molecule has 0 saturated carbocycles. The fourth-order valence-corrected chi connectivity index (χ4v) is 6.21. The fraction of sp³-hybridized carbons (Fsp3) is 0.179. The molecular formula is C39H34N2O4. The predicted octanol–water partition coefficient (Wildman–Crippen LogP) is 6.73. The number of rotatable bonds is 4. The van der Waals surface area contributed by atoms with Gasteiger partial charge in [-0.25, -0.2) is 0 Å². The van der Waals surface area contributed by atoms with Crippen LogP contribution >= 0.6 is 0 Å². The van der Waals surface area contributed by atoms with Crippen molar-refractivity contribution in [1.29, 1.82) is 0 Å². The molecule has 1 N–H and O–H groups in total. The lowest BCUT2D eigenvalue weighted by molar-refractivity contribution is -0.125. The second-order valence-corrected chi connectivity index (χ2v) is 12.6. The lowest BCUT2D eigenvalue weighted by Gasteiger charge is -2.29. The Labute approximate surface area is 263 Å². The van der Waals surface area contributed by atoms with Crippen LogP contribution in [0.2, 0.25) is 0 Å². The summed E-state index contributed by atoms with van der Waals surface area (Å²) in [7, 11) is 0. The molecule has 1 atom stereocenters. The van der Waals surface area contributed by atoms with E-state index in [1.165, 1.54) is 12.2 Å². The van der Waals surface area contributed by atoms with Crippen LogP contribution in [0.15, 0.2) is 131 Å². The minimum atomic E-state index is -1.36. The molecule has 0 spiro atoms. The topological polar surface area (TPSA) is 83.6 Å². The molecule has 1 aliphatic carbocycles. The summed E-state index contributed by atoms with van der Waals surface area (Å²) >= 11 is 0. The average Bonchev–Trinajstić information content (AvgIpc) is 3.32. The lowest BCUT2D eigenvalue weighted by atomic mass is 9.82. The molecule has 3 aliphatic rings. The number of hydrogen-bond acceptors (Lipinski definition) is 4. The highest BCUT2D eigenvalue weighted by atomic mass is 16.2. The molecule has 6 nitrogen and oxygen atoms in total. The summed E-state index contributed by atoms with van der Waals surface area (Å²) in [5.41, 5.74) is 7.47. The third kappa shape index (κ3) is 5.22. The van der Waals surface area contributed by atoms with Gasteiger partial charge in [0.2, 0.25) is 0 Å². The zero-order valence-electron chi connectivity index (χ0n) is 26.0. The molecule has 3 aromatic rings. The Bertz CT molecular complexity index is 1920. The van der Waals surface area contributed by atoms with Crippen LogP contribution in [0.1, 0.15) is 61.7 Å². The maximum absolute atomic E-state index is 14.0. The smallest absolute Gasteiger partial charge is 0.263 e. The third-order valence-corrected chi connectivity index (χ3v) is 8.52. The quantitative estimate of drug-likeness (QED) is 0.268. The van der Waals surface area contributed by atoms with E-state index in [0.29, 0.717) is 33.6 Å². The molecule has 0 saturated heterocycles. The van der Waals surface area contributed by atoms with Gasteiger partial charge >= 0.3 is 0 Å². The molecule has 6 heteroatoms. The maximum atomic E-state index is 14.0. The van der Waals surface area contributed by atoms with Crippen LogP contribution in [-0.4, -0.2) is 34.3 Å². The molecule has 6 rings (SSSR count). The number of Topliss-reactive ketones (excluding diaryl/α,β-unsaturated/α-hetero) is 1. The average molecular weight is 595 g/mol. The van der Waals surface area contributed by atoms with Gasteiger partial charge in [0.05, 0.1) is 11.3 Å². The van der Waals surface area contributed by atoms with Crippen molar-refractivity contribution in [3.05, 3.63) is 154 Å². The number of ketones is 2. The first kappa shape index (κ1) is 29.7. The standard InChI is InChI=1S/C39H34N2O4/c1-23-22-41-35(32(25-12-8-6-9-13-25)33(38(41)45)26-14-10-7-11-15-26)24(2)31(23)29-20-21-30(42)34(36(29)43)40-37(44)27-16-18-28(19-17-27)39(3,4)5/h6-22,34H,1-5H3,(H,40,44). The van der Waals surface area contributed by atoms with Crippen molar-refractivity contribution in [2.75, 3.05) is 0 Å². The molecule has 3 aromatic carbocycles. The highest BCUT2D eigenvalue weighted by molar-refractivity contribution is 6.34. The molecule has 2 amide bonds. The van der Waals surface area contributed by atoms with E-state index in [0.717, 1.165) is 27.8 Å². The predicted molar refractivity (Wildman–Crippen MR) is 176 cm³/mol. The summed E-state index contributed by atoms with van der Waals surface area (Å²) in [5.74, 6) is -1.62. The minimum absolute atomic E-state index is 0.0785. The van der Waals surface area contributed by atoms with Gasteiger partial charge in [0.25, 0.3) is 11.8 Å². The fourth-order valence-electron chi connectivity index (χ4n) is 6.21. The maximum Gasteiger partial charge on any atom is 0.263 e. The number of hydrogen-bond donors (Lipinski definition) is 1. The Balaban J connectivity index is 1.43. The van der Waals surface area contributed by atoms with Crippen LogP contribution in [0.25, 0.3) is 11.1 Å². The minimum Gasteiger partial charge on any atom is -0.335 e. The number of nitrogens with one attached hydrogen (secondary N) is 1. The van der Waals surface area contributed by atoms with Crippen LogP contribution in [0, 0.1) is 0 Å². The van der Waals surface area contributed by atoms with E-state index in [9.17, 15) is 19.2 Å². The number of fused-ring (bicyclic) bond motifs is 1. The van der Waals surface area contributed by atoms with E-state index >= 15 is 0 Å². The Morgan fingerprint density at radius 1 is 0.733 bits per heavy atom. The van der Waals surface area contributed by atoms with E-state index in [2.05, 4.69) is 26.1 Å². The second kappa shape index (κ2) is 11.3. The first-order valence-corrected chi connectivity index (χ1v) is 15.0. The lowest BCUT2D eigenvalue weighted by Crippen LogP contribution is -2.48. The van der Waals surface area contributed by atoms with E-state index in [4.69, 9.17) is 0 Å². The van der Waals surface area contributed by atoms with E-state index in [-0.39, 0.29) is 11.3 Å². The van der Waals surface area contributed by atoms with Gasteiger partial charge < -0.3 is 5.32 Å². The van der Waals surface area contributed by atoms with Crippen molar-refractivity contribution in [2.45, 2.75) is 46.1 Å². The number of carbonyl (C=O) groups excluding carboxylic acids is 4. The van der Waals surface area contributed by atoms with Crippen molar-refractivity contribution >= 4 is 34.5 Å². The SMILES string of the molecule is CC1=CN2C(=O)C(c3ccccc3)=C(c3ccccc3)C2=C(C)C1=C1C=CC(=O)C(NC(=O)c2ccc(C(C)(C)C)cc2)C1=O. The summed E-state index contributed by atoms with van der Waals surface area (Å²) in [5, 5.41) is 2.68. The van der Waals surface area contributed by atoms with E-state index in [1.807, 2.05) is 86.6 Å². The number of amides is 2. The summed E-state index contributed by atoms with van der Waals surface area (Å²) in [6, 6.07) is 25.1. The van der Waals surface area contributed by atoms with Gasteiger partial charge in [0.15, 0.2) is 17.6 Å². The zero-order valence-corrected chi connectivity index (χ0v) is 26.0. The number of carbonyl (C=O) groups is 4. The Morgan fingerprint density at radius 3 is 1.89 bits per heavy atom. The monoisotopic (exact) mass is 594 g/mol. The molecule has 1 unspecified atom stereocenters. The summed E-state index contributed by atoms with van der Waals surface area (Å²) in [6.45, 7) is 10.0. The van der Waals surface area contributed by atoms with Crippen molar-refractivity contribution in [3.63, 3.8) is 0 Å². The molecule has 0 fully saturated rings. The second-order valence-electron chi connectivity index (χ2n) is 12.6. The summed E-state index contributed by atoms with van der Waals surface area (Å²) in [6.07, 6.45) is 4.63. The van der Waals surface area contributed by atoms with Crippen LogP contribution < -0.4 is 5.32 Å². The van der Waals surface area contributed by atoms with Crippen molar-refractivity contribution in [1.82, 2.24) is 10.2 Å². The molecule has 224 valence electrons. The zero-order chi connectivity index (χ0) is 32.0. The van der Waals surface area contributed by atoms with Crippen molar-refractivity contribution in [3.8, 4) is 0 Å². The largest absolute Gasteiger partial charge is 0.335 e. The summed E-state index contributed by atoms with van der Waals surface area (Å²) in [4.78, 5) is 55.8. The van der Waals surface area contributed by atoms with E-state index in [1.54, 1.807) is 23.2 Å². The highest BCUT2D eigenvalue weighted by Gasteiger charge is 2.41. The van der Waals surface area contributed by atoms with Crippen LogP contribution in [0.5, 0.6) is 0 Å². The van der Waals surface area contributed by atoms with Gasteiger partial charge in [-0.15, -0.1) is 0 Å². The molecule has 2 heterocycles. The Kier molecular flexibility index (Phi) is 7.45. The van der Waals surface area contributed by atoms with Crippen LogP contribution in [0.3, 0.4) is 0 Å². The Hall–Kier alpha value is -5.36. The number of allylic oxidation sites excluding steroid dienone is 5. The number of benzene rings is 3. The number of nitrogens with zero attached hydrogens (tertiary/aromatic N) is 1. The highest BCUT2D eigenvalue weighted by Crippen LogP contribution is 2.48. The van der Waals surface area contributed by atoms with Crippen LogP contribution in [0.4, 0.5) is 0 Å². The molecule has 0 radical (unpaired) electrons. The van der Waals surface area contributed by atoms with Gasteiger partial charge in [0.1, 0.15) is 0 Å². The third-order valence-electron chi connectivity index (χ3n) is 8.52. The molecule has 0 bridgehead atoms. The first-order valence-electron chi connectivity index (χ1n) is 15.0. The molecule has 45 heavy (non-hydrogen) atoms. The van der Waals surface area contributed by atoms with Crippen molar-refractivity contribution < 1.29 is 19.2 Å². The summed E-state index contributed by atoms with van der Waals surface area (Å²) < 4.78 is 0. The normalized spacial score (nSPS) is 20.1. The molecule has 0 aromatic heterocycles. The van der Waals surface area contributed by atoms with Gasteiger partial charge in [-0.2, -0.15) is 0 Å².